The number of hydrogen-bond acceptors (Lipinski definition) is 7. The van der Waals surface area contributed by atoms with E-state index in [1.807, 2.05) is 109 Å². The summed E-state index contributed by atoms with van der Waals surface area (Å²) in [5, 5.41) is 3.68. The first-order chi connectivity index (χ1) is 23.8. The van der Waals surface area contributed by atoms with E-state index in [2.05, 4.69) is 41.7 Å². The van der Waals surface area contributed by atoms with Crippen LogP contribution in [-0.2, 0) is 50.1 Å². The molecule has 0 bridgehead atoms. The number of rotatable bonds is 16. The highest BCUT2D eigenvalue weighted by Gasteiger charge is 2.48. The van der Waals surface area contributed by atoms with Gasteiger partial charge >= 0.3 is 0 Å². The molecule has 1 aliphatic heterocycles. The average molecular weight is 646 g/mol. The zero-order valence-corrected chi connectivity index (χ0v) is 27.2. The number of para-hydroxylation sites is 2. The highest BCUT2D eigenvalue weighted by Crippen LogP contribution is 2.34. The lowest BCUT2D eigenvalue weighted by Crippen LogP contribution is -2.63. The molecule has 5 atom stereocenters. The fourth-order valence-corrected chi connectivity index (χ4v) is 5.83. The first-order valence-electron chi connectivity index (χ1n) is 16.4. The van der Waals surface area contributed by atoms with E-state index in [1.165, 1.54) is 0 Å². The lowest BCUT2D eigenvalue weighted by atomic mass is 9.95. The Hall–Kier alpha value is -4.50. The molecule has 5 aromatic rings. The molecule has 0 saturated carbocycles. The van der Waals surface area contributed by atoms with Crippen molar-refractivity contribution < 1.29 is 28.4 Å². The number of benzene rings is 5. The quantitative estimate of drug-likeness (QED) is 0.117. The minimum absolute atomic E-state index is 0.284. The Bertz CT molecular complexity index is 1620. The van der Waals surface area contributed by atoms with Gasteiger partial charge in [0.15, 0.2) is 6.29 Å². The number of nitrogens with one attached hydrogen (secondary N) is 1. The summed E-state index contributed by atoms with van der Waals surface area (Å²) < 4.78 is 39.1. The third-order valence-electron chi connectivity index (χ3n) is 8.30. The van der Waals surface area contributed by atoms with Crippen LogP contribution in [0.15, 0.2) is 146 Å². The Morgan fingerprint density at radius 1 is 0.521 bits per heavy atom. The monoisotopic (exact) mass is 645 g/mol. The van der Waals surface area contributed by atoms with Gasteiger partial charge in [-0.25, -0.2) is 0 Å². The van der Waals surface area contributed by atoms with Crippen LogP contribution in [0.2, 0.25) is 0 Å². The van der Waals surface area contributed by atoms with Crippen LogP contribution in [0.3, 0.4) is 0 Å². The van der Waals surface area contributed by atoms with Gasteiger partial charge in [-0.3, -0.25) is 0 Å². The van der Waals surface area contributed by atoms with Crippen molar-refractivity contribution >= 4 is 5.69 Å². The predicted octanol–water partition coefficient (Wildman–Crippen LogP) is 7.81. The Morgan fingerprint density at radius 3 is 1.52 bits per heavy atom. The van der Waals surface area contributed by atoms with Crippen LogP contribution in [0.5, 0.6) is 5.75 Å². The van der Waals surface area contributed by atoms with Crippen LogP contribution >= 0.6 is 0 Å². The summed E-state index contributed by atoms with van der Waals surface area (Å²) in [7, 11) is 1.66. The summed E-state index contributed by atoms with van der Waals surface area (Å²) in [6.07, 6.45) is -2.21. The lowest BCUT2D eigenvalue weighted by molar-refractivity contribution is -0.286. The smallest absolute Gasteiger partial charge is 0.181 e. The van der Waals surface area contributed by atoms with Gasteiger partial charge in [-0.2, -0.15) is 0 Å². The minimum Gasteiger partial charge on any atom is -0.495 e. The zero-order valence-electron chi connectivity index (χ0n) is 27.2. The molecule has 7 heteroatoms. The molecule has 5 aromatic carbocycles. The van der Waals surface area contributed by atoms with Crippen molar-refractivity contribution in [1.29, 1.82) is 0 Å². The molecule has 0 spiro atoms. The fraction of sp³-hybridized carbons (Fsp3) is 0.268. The molecular weight excluding hydrogens is 602 g/mol. The molecule has 6 rings (SSSR count). The molecule has 1 heterocycles. The molecule has 1 N–H and O–H groups in total. The summed E-state index contributed by atoms with van der Waals surface area (Å²) in [5.41, 5.74) is 5.04. The van der Waals surface area contributed by atoms with Gasteiger partial charge in [-0.1, -0.05) is 133 Å². The van der Waals surface area contributed by atoms with Crippen molar-refractivity contribution in [2.45, 2.75) is 57.1 Å². The van der Waals surface area contributed by atoms with Crippen molar-refractivity contribution in [2.75, 3.05) is 19.0 Å². The molecule has 1 aliphatic rings. The number of ether oxygens (including phenoxy) is 6. The Morgan fingerprint density at radius 2 is 0.979 bits per heavy atom. The standard InChI is InChI=1S/C41H43NO6/c1-43-36-25-15-14-24-35(36)42-38-40(46-28-33-20-10-4-11-21-33)39(45-27-32-18-8-3-9-19-32)37(30-44-26-31-16-6-2-7-17-31)48-41(38)47-29-34-22-12-5-13-23-34/h2-25,37-42H,26-30H2,1H3/t37-,38-,39-,40-,41-/m1/s1. The summed E-state index contributed by atoms with van der Waals surface area (Å²) in [4.78, 5) is 0. The summed E-state index contributed by atoms with van der Waals surface area (Å²) in [6.45, 7) is 1.84. The normalized spacial score (nSPS) is 20.6. The predicted molar refractivity (Wildman–Crippen MR) is 186 cm³/mol. The number of hydrogen-bond donors (Lipinski definition) is 1. The van der Waals surface area contributed by atoms with E-state index >= 15 is 0 Å². The van der Waals surface area contributed by atoms with Crippen LogP contribution in [0.25, 0.3) is 0 Å². The molecule has 0 aliphatic carbocycles. The van der Waals surface area contributed by atoms with Crippen molar-refractivity contribution in [2.24, 2.45) is 0 Å². The summed E-state index contributed by atoms with van der Waals surface area (Å²) in [5.74, 6) is 0.705. The maximum atomic E-state index is 6.86. The first kappa shape index (κ1) is 33.4. The summed E-state index contributed by atoms with van der Waals surface area (Å²) in [6, 6.07) is 47.9. The van der Waals surface area contributed by atoms with E-state index < -0.39 is 30.6 Å². The Balaban J connectivity index is 1.34. The molecule has 1 fully saturated rings. The van der Waals surface area contributed by atoms with Crippen molar-refractivity contribution in [3.63, 3.8) is 0 Å². The molecule has 7 nitrogen and oxygen atoms in total. The van der Waals surface area contributed by atoms with Gasteiger partial charge in [0.2, 0.25) is 0 Å². The highest BCUT2D eigenvalue weighted by atomic mass is 16.7. The van der Waals surface area contributed by atoms with Crippen LogP contribution in [0, 0.1) is 0 Å². The van der Waals surface area contributed by atoms with Crippen molar-refractivity contribution in [3.8, 4) is 5.75 Å². The molecule has 0 aromatic heterocycles. The molecule has 1 saturated heterocycles. The van der Waals surface area contributed by atoms with E-state index in [4.69, 9.17) is 28.4 Å². The first-order valence-corrected chi connectivity index (χ1v) is 16.4. The maximum Gasteiger partial charge on any atom is 0.181 e. The van der Waals surface area contributed by atoms with E-state index in [-0.39, 0.29) is 6.61 Å². The largest absolute Gasteiger partial charge is 0.495 e. The van der Waals surface area contributed by atoms with Gasteiger partial charge in [-0.05, 0) is 34.4 Å². The van der Waals surface area contributed by atoms with Crippen LogP contribution in [0.4, 0.5) is 5.69 Å². The average Bonchev–Trinajstić information content (AvgIpc) is 3.15. The van der Waals surface area contributed by atoms with E-state index in [1.54, 1.807) is 7.11 Å². The summed E-state index contributed by atoms with van der Waals surface area (Å²) >= 11 is 0. The second-order valence-electron chi connectivity index (χ2n) is 11.7. The van der Waals surface area contributed by atoms with Crippen LogP contribution in [-0.4, -0.2) is 44.4 Å². The van der Waals surface area contributed by atoms with Gasteiger partial charge in [0.25, 0.3) is 0 Å². The molecule has 0 unspecified atom stereocenters. The number of methoxy groups -OCH3 is 1. The Kier molecular flexibility index (Phi) is 12.2. The molecule has 0 amide bonds. The minimum atomic E-state index is -0.710. The molecule has 248 valence electrons. The fourth-order valence-electron chi connectivity index (χ4n) is 5.83. The van der Waals surface area contributed by atoms with Gasteiger partial charge < -0.3 is 33.7 Å². The highest BCUT2D eigenvalue weighted by molar-refractivity contribution is 5.57. The lowest BCUT2D eigenvalue weighted by Gasteiger charge is -2.46. The molecular formula is C41H43NO6. The van der Waals surface area contributed by atoms with Gasteiger partial charge in [0.1, 0.15) is 30.1 Å². The SMILES string of the molecule is COc1ccccc1N[C@H]1[C@H](OCc2ccccc2)O[C@H](COCc2ccccc2)[C@@H](OCc2ccccc2)[C@@H]1OCc1ccccc1. The van der Waals surface area contributed by atoms with Gasteiger partial charge in [0.05, 0.1) is 45.8 Å². The third-order valence-corrected chi connectivity index (χ3v) is 8.30. The van der Waals surface area contributed by atoms with Crippen LogP contribution in [0.1, 0.15) is 22.3 Å². The van der Waals surface area contributed by atoms with Crippen molar-refractivity contribution in [3.05, 3.63) is 168 Å². The van der Waals surface area contributed by atoms with Gasteiger partial charge in [-0.15, -0.1) is 0 Å². The maximum absolute atomic E-state index is 6.86. The van der Waals surface area contributed by atoms with E-state index in [9.17, 15) is 0 Å². The second-order valence-corrected chi connectivity index (χ2v) is 11.7. The van der Waals surface area contributed by atoms with E-state index in [0.717, 1.165) is 27.9 Å². The zero-order chi connectivity index (χ0) is 32.8. The molecule has 48 heavy (non-hydrogen) atoms. The topological polar surface area (TPSA) is 67.4 Å². The van der Waals surface area contributed by atoms with E-state index in [0.29, 0.717) is 32.2 Å². The molecule has 0 radical (unpaired) electrons. The third kappa shape index (κ3) is 9.31. The second kappa shape index (κ2) is 17.6. The van der Waals surface area contributed by atoms with Gasteiger partial charge in [0, 0.05) is 0 Å². The Labute approximate surface area is 283 Å². The number of anilines is 1. The van der Waals surface area contributed by atoms with Crippen LogP contribution < -0.4 is 10.1 Å². The van der Waals surface area contributed by atoms with Crippen molar-refractivity contribution in [1.82, 2.24) is 0 Å².